The summed E-state index contributed by atoms with van der Waals surface area (Å²) < 4.78 is 5.24. The van der Waals surface area contributed by atoms with E-state index < -0.39 is 23.8 Å². The van der Waals surface area contributed by atoms with Crippen molar-refractivity contribution in [1.29, 1.82) is 5.26 Å². The average Bonchev–Trinajstić information content (AvgIpc) is 2.37. The van der Waals surface area contributed by atoms with Crippen molar-refractivity contribution in [3.63, 3.8) is 0 Å². The van der Waals surface area contributed by atoms with Gasteiger partial charge in [0.05, 0.1) is 24.6 Å². The molecule has 0 saturated heterocycles. The fourth-order valence-electron chi connectivity index (χ4n) is 2.79. The Morgan fingerprint density at radius 3 is 2.52 bits per heavy atom. The molecule has 120 valence electrons. The number of nitrogens with zero attached hydrogens (tertiary/aromatic N) is 1. The molecule has 2 N–H and O–H groups in total. The average molecular weight is 296 g/mol. The van der Waals surface area contributed by atoms with E-state index in [0.717, 1.165) is 12.8 Å². The van der Waals surface area contributed by atoms with Gasteiger partial charge in [-0.25, -0.2) is 4.79 Å². The van der Waals surface area contributed by atoms with Crippen molar-refractivity contribution in [1.82, 2.24) is 5.32 Å². The number of aliphatic hydroxyl groups is 1. The zero-order valence-corrected chi connectivity index (χ0v) is 13.4. The van der Waals surface area contributed by atoms with E-state index in [1.54, 1.807) is 20.8 Å². The third-order valence-corrected chi connectivity index (χ3v) is 3.78. The van der Waals surface area contributed by atoms with Crippen molar-refractivity contribution >= 4 is 6.09 Å². The fourth-order valence-corrected chi connectivity index (χ4v) is 2.79. The normalized spacial score (nSPS) is 19.4. The number of nitriles is 1. The van der Waals surface area contributed by atoms with Gasteiger partial charge in [-0.05, 0) is 33.1 Å². The molecule has 21 heavy (non-hydrogen) atoms. The van der Waals surface area contributed by atoms with Gasteiger partial charge in [0.15, 0.2) is 0 Å². The highest BCUT2D eigenvalue weighted by Crippen LogP contribution is 2.28. The monoisotopic (exact) mass is 296 g/mol. The van der Waals surface area contributed by atoms with Gasteiger partial charge < -0.3 is 15.2 Å². The summed E-state index contributed by atoms with van der Waals surface area (Å²) in [6.45, 7) is 5.40. The zero-order valence-electron chi connectivity index (χ0n) is 13.4. The van der Waals surface area contributed by atoms with Gasteiger partial charge in [-0.3, -0.25) is 0 Å². The van der Waals surface area contributed by atoms with Crippen molar-refractivity contribution in [2.24, 2.45) is 5.92 Å². The number of ether oxygens (including phenoxy) is 1. The lowest BCUT2D eigenvalue weighted by Crippen LogP contribution is -2.46. The Morgan fingerprint density at radius 2 is 2.00 bits per heavy atom. The predicted octanol–water partition coefficient (Wildman–Crippen LogP) is 3.12. The molecular formula is C16H28N2O3. The van der Waals surface area contributed by atoms with Crippen molar-refractivity contribution in [2.75, 3.05) is 0 Å². The van der Waals surface area contributed by atoms with Crippen LogP contribution in [0.1, 0.15) is 65.7 Å². The first-order valence-electron chi connectivity index (χ1n) is 7.86. The smallest absolute Gasteiger partial charge is 0.407 e. The van der Waals surface area contributed by atoms with Crippen LogP contribution in [0.4, 0.5) is 4.79 Å². The summed E-state index contributed by atoms with van der Waals surface area (Å²) >= 11 is 0. The van der Waals surface area contributed by atoms with Crippen molar-refractivity contribution in [2.45, 2.75) is 83.5 Å². The lowest BCUT2D eigenvalue weighted by Gasteiger charge is -2.30. The van der Waals surface area contributed by atoms with Gasteiger partial charge in [-0.1, -0.05) is 32.1 Å². The first-order valence-corrected chi connectivity index (χ1v) is 7.86. The summed E-state index contributed by atoms with van der Waals surface area (Å²) in [6.07, 6.45) is 5.30. The molecule has 0 bridgehead atoms. The Hall–Kier alpha value is -1.28. The van der Waals surface area contributed by atoms with E-state index in [1.807, 2.05) is 6.07 Å². The molecule has 1 rings (SSSR count). The van der Waals surface area contributed by atoms with Gasteiger partial charge in [0.25, 0.3) is 0 Å². The van der Waals surface area contributed by atoms with E-state index in [0.29, 0.717) is 12.3 Å². The minimum absolute atomic E-state index is 0.0210. The highest BCUT2D eigenvalue weighted by molar-refractivity contribution is 5.68. The number of nitrogens with one attached hydrogen (secondary N) is 1. The van der Waals surface area contributed by atoms with Crippen molar-refractivity contribution in [3.05, 3.63) is 0 Å². The topological polar surface area (TPSA) is 82.3 Å². The minimum atomic E-state index is -0.843. The van der Waals surface area contributed by atoms with Gasteiger partial charge in [-0.15, -0.1) is 0 Å². The van der Waals surface area contributed by atoms with Crippen LogP contribution in [0.2, 0.25) is 0 Å². The Bertz CT molecular complexity index is 365. The molecule has 0 spiro atoms. The summed E-state index contributed by atoms with van der Waals surface area (Å²) in [5.74, 6) is 0.507. The third kappa shape index (κ3) is 7.33. The number of hydrogen-bond acceptors (Lipinski definition) is 4. The van der Waals surface area contributed by atoms with Crippen LogP contribution in [0.25, 0.3) is 0 Å². The maximum Gasteiger partial charge on any atom is 0.407 e. The summed E-state index contributed by atoms with van der Waals surface area (Å²) in [6, 6.07) is 1.55. The maximum absolute atomic E-state index is 11.9. The van der Waals surface area contributed by atoms with Gasteiger partial charge in [0, 0.05) is 0 Å². The molecule has 5 nitrogen and oxygen atoms in total. The van der Waals surface area contributed by atoms with Crippen LogP contribution < -0.4 is 5.32 Å². The second-order valence-corrected chi connectivity index (χ2v) is 6.92. The predicted molar refractivity (Wildman–Crippen MR) is 80.6 cm³/mol. The van der Waals surface area contributed by atoms with Gasteiger partial charge in [0.1, 0.15) is 5.60 Å². The molecule has 1 fully saturated rings. The Labute approximate surface area is 127 Å². The molecule has 0 aromatic carbocycles. The van der Waals surface area contributed by atoms with Crippen LogP contribution in [0.3, 0.4) is 0 Å². The van der Waals surface area contributed by atoms with Crippen LogP contribution in [-0.2, 0) is 4.74 Å². The molecule has 0 aliphatic heterocycles. The van der Waals surface area contributed by atoms with Crippen LogP contribution in [0.15, 0.2) is 0 Å². The molecule has 0 heterocycles. The zero-order chi connectivity index (χ0) is 15.9. The van der Waals surface area contributed by atoms with E-state index in [1.165, 1.54) is 19.3 Å². The lowest BCUT2D eigenvalue weighted by atomic mass is 9.83. The Balaban J connectivity index is 2.59. The molecule has 2 atom stereocenters. The molecule has 1 aliphatic carbocycles. The minimum Gasteiger partial charge on any atom is -0.444 e. The van der Waals surface area contributed by atoms with E-state index in [9.17, 15) is 9.90 Å². The highest BCUT2D eigenvalue weighted by atomic mass is 16.6. The lowest BCUT2D eigenvalue weighted by molar-refractivity contribution is 0.0397. The molecule has 1 amide bonds. The van der Waals surface area contributed by atoms with E-state index >= 15 is 0 Å². The fraction of sp³-hybridized carbons (Fsp3) is 0.875. The van der Waals surface area contributed by atoms with Crippen LogP contribution in [0, 0.1) is 17.2 Å². The van der Waals surface area contributed by atoms with E-state index in [2.05, 4.69) is 5.32 Å². The van der Waals surface area contributed by atoms with E-state index in [4.69, 9.17) is 10.00 Å². The van der Waals surface area contributed by atoms with Gasteiger partial charge >= 0.3 is 6.09 Å². The van der Waals surface area contributed by atoms with Crippen molar-refractivity contribution < 1.29 is 14.6 Å². The summed E-state index contributed by atoms with van der Waals surface area (Å²) in [5.41, 5.74) is -0.570. The first-order chi connectivity index (χ1) is 9.81. The second-order valence-electron chi connectivity index (χ2n) is 6.92. The molecule has 0 aromatic rings. The SMILES string of the molecule is CC(C)(C)OC(=O)N[C@@H](CC1CCCCC1)[C@@H](O)CC#N. The molecule has 1 saturated carbocycles. The number of hydrogen-bond donors (Lipinski definition) is 2. The largest absolute Gasteiger partial charge is 0.444 e. The summed E-state index contributed by atoms with van der Waals surface area (Å²) in [5, 5.41) is 21.6. The number of carbonyl (C=O) groups excluding carboxylic acids is 1. The maximum atomic E-state index is 11.9. The molecular weight excluding hydrogens is 268 g/mol. The molecule has 1 aliphatic rings. The van der Waals surface area contributed by atoms with Gasteiger partial charge in [0.2, 0.25) is 0 Å². The standard InChI is InChI=1S/C16H28N2O3/c1-16(2,3)21-15(20)18-13(14(19)9-10-17)11-12-7-5-4-6-8-12/h12-14,19H,4-9,11H2,1-3H3,(H,18,20)/t13-,14-/m0/s1. The number of carbonyl (C=O) groups is 1. The number of alkyl carbamates (subject to hydrolysis) is 1. The first kappa shape index (κ1) is 17.8. The summed E-state index contributed by atoms with van der Waals surface area (Å²) in [7, 11) is 0. The van der Waals surface area contributed by atoms with Crippen LogP contribution >= 0.6 is 0 Å². The molecule has 0 unspecified atom stereocenters. The Morgan fingerprint density at radius 1 is 1.38 bits per heavy atom. The number of amides is 1. The number of rotatable bonds is 5. The molecule has 0 aromatic heterocycles. The third-order valence-electron chi connectivity index (χ3n) is 3.78. The van der Waals surface area contributed by atoms with E-state index in [-0.39, 0.29) is 6.42 Å². The highest BCUT2D eigenvalue weighted by Gasteiger charge is 2.27. The molecule has 5 heteroatoms. The second kappa shape index (κ2) is 8.23. The number of aliphatic hydroxyl groups excluding tert-OH is 1. The van der Waals surface area contributed by atoms with Crippen molar-refractivity contribution in [3.8, 4) is 6.07 Å². The van der Waals surface area contributed by atoms with Gasteiger partial charge in [-0.2, -0.15) is 5.26 Å². The van der Waals surface area contributed by atoms with Crippen LogP contribution in [0.5, 0.6) is 0 Å². The summed E-state index contributed by atoms with van der Waals surface area (Å²) in [4.78, 5) is 11.9. The van der Waals surface area contributed by atoms with Crippen LogP contribution in [-0.4, -0.2) is 28.9 Å². The molecule has 0 radical (unpaired) electrons. The quantitative estimate of drug-likeness (QED) is 0.816. The Kier molecular flexibility index (Phi) is 6.97.